The van der Waals surface area contributed by atoms with Crippen molar-refractivity contribution in [2.24, 2.45) is 0 Å². The molecule has 0 radical (unpaired) electrons. The first kappa shape index (κ1) is 23.3. The van der Waals surface area contributed by atoms with Gasteiger partial charge in [0.25, 0.3) is 0 Å². The Morgan fingerprint density at radius 3 is 2.25 bits per heavy atom. The molecule has 1 unspecified atom stereocenters. The number of carbonyl (C=O) groups excluding carboxylic acids is 1. The molecular weight excluding hydrogens is 426 g/mol. The molecule has 0 amide bonds. The van der Waals surface area contributed by atoms with Crippen LogP contribution in [0.3, 0.4) is 0 Å². The Morgan fingerprint density at radius 1 is 1.03 bits per heavy atom. The molecule has 32 heavy (non-hydrogen) atoms. The van der Waals surface area contributed by atoms with Crippen molar-refractivity contribution in [3.8, 4) is 23.3 Å². The van der Waals surface area contributed by atoms with E-state index in [2.05, 4.69) is 0 Å². The van der Waals surface area contributed by atoms with Gasteiger partial charge in [-0.2, -0.15) is 5.26 Å². The number of ether oxygens (including phenoxy) is 3. The smallest absolute Gasteiger partial charge is 0.338 e. The molecule has 0 bridgehead atoms. The Hall–Kier alpha value is -3.40. The molecule has 0 spiro atoms. The van der Waals surface area contributed by atoms with Gasteiger partial charge in [-0.05, 0) is 17.7 Å². The lowest BCUT2D eigenvalue weighted by Crippen LogP contribution is -2.59. The summed E-state index contributed by atoms with van der Waals surface area (Å²) in [6, 6.07) is 12.0. The third-order valence-electron chi connectivity index (χ3n) is 4.84. The number of aliphatic hydroxyl groups is 3. The highest BCUT2D eigenvalue weighted by atomic mass is 16.7. The zero-order valence-corrected chi connectivity index (χ0v) is 16.5. The van der Waals surface area contributed by atoms with Gasteiger partial charge in [0.05, 0.1) is 11.6 Å². The quantitative estimate of drug-likeness (QED) is 0.259. The molecule has 11 heteroatoms. The minimum absolute atomic E-state index is 0.301. The van der Waals surface area contributed by atoms with E-state index in [9.17, 15) is 40.7 Å². The molecule has 3 rings (SSSR count). The monoisotopic (exact) mass is 447 g/mol. The summed E-state index contributed by atoms with van der Waals surface area (Å²) in [5.74, 6) is -3.35. The van der Waals surface area contributed by atoms with Gasteiger partial charge in [0.15, 0.2) is 29.6 Å². The van der Waals surface area contributed by atoms with Crippen molar-refractivity contribution in [1.82, 2.24) is 0 Å². The zero-order chi connectivity index (χ0) is 23.4. The minimum atomic E-state index is -1.73. The first-order valence-corrected chi connectivity index (χ1v) is 9.44. The van der Waals surface area contributed by atoms with Crippen LogP contribution in [-0.4, -0.2) is 73.9 Å². The number of carbonyl (C=O) groups is 1. The van der Waals surface area contributed by atoms with Crippen LogP contribution in [0.2, 0.25) is 0 Å². The third kappa shape index (κ3) is 4.91. The third-order valence-corrected chi connectivity index (χ3v) is 4.84. The molecule has 1 aliphatic heterocycles. The summed E-state index contributed by atoms with van der Waals surface area (Å²) >= 11 is 0. The summed E-state index contributed by atoms with van der Waals surface area (Å²) < 4.78 is 15.9. The van der Waals surface area contributed by atoms with Crippen molar-refractivity contribution in [3.05, 3.63) is 53.6 Å². The number of phenolic OH excluding ortho intramolecular Hbond substituents is 3. The Morgan fingerprint density at radius 2 is 1.66 bits per heavy atom. The van der Waals surface area contributed by atoms with E-state index in [4.69, 9.17) is 14.2 Å². The van der Waals surface area contributed by atoms with E-state index in [1.54, 1.807) is 30.3 Å². The lowest BCUT2D eigenvalue weighted by Gasteiger charge is -2.40. The van der Waals surface area contributed by atoms with Crippen LogP contribution in [0, 0.1) is 11.3 Å². The molecular formula is C21H21NO10. The van der Waals surface area contributed by atoms with Crippen LogP contribution in [0.25, 0.3) is 0 Å². The van der Waals surface area contributed by atoms with Gasteiger partial charge < -0.3 is 44.8 Å². The molecule has 1 heterocycles. The van der Waals surface area contributed by atoms with Crippen molar-refractivity contribution >= 4 is 5.97 Å². The lowest BCUT2D eigenvalue weighted by molar-refractivity contribution is -0.307. The van der Waals surface area contributed by atoms with Crippen LogP contribution in [0.4, 0.5) is 0 Å². The molecule has 1 saturated heterocycles. The molecule has 0 saturated carbocycles. The van der Waals surface area contributed by atoms with E-state index in [1.165, 1.54) is 0 Å². The van der Waals surface area contributed by atoms with Crippen LogP contribution in [-0.2, 0) is 14.2 Å². The molecule has 2 aromatic carbocycles. The van der Waals surface area contributed by atoms with Gasteiger partial charge in [-0.1, -0.05) is 30.3 Å². The normalized spacial score (nSPS) is 26.1. The van der Waals surface area contributed by atoms with Gasteiger partial charge in [0, 0.05) is 0 Å². The van der Waals surface area contributed by atoms with E-state index < -0.39 is 66.6 Å². The molecule has 6 N–H and O–H groups in total. The zero-order valence-electron chi connectivity index (χ0n) is 16.5. The standard InChI is InChI=1S/C21H21NO10/c22-8-14(10-4-2-1-3-5-10)31-21-19(28)18(27)17(26)15(32-21)9-30-20(29)11-6-12(23)16(25)13(24)7-11/h1-7,14-15,17-19,21,23-28H,9H2/t14?,15-,17-,18+,19-,21-/m1/s1. The number of benzene rings is 2. The molecule has 0 aromatic heterocycles. The SMILES string of the molecule is N#CC(O[C@@H]1O[C@H](COC(=O)c2cc(O)c(O)c(O)c2)[C@@H](O)[C@H](O)[C@H]1O)c1ccccc1. The van der Waals surface area contributed by atoms with Crippen molar-refractivity contribution in [2.45, 2.75) is 36.8 Å². The average Bonchev–Trinajstić information content (AvgIpc) is 2.80. The summed E-state index contributed by atoms with van der Waals surface area (Å²) in [4.78, 5) is 12.2. The summed E-state index contributed by atoms with van der Waals surface area (Å²) in [7, 11) is 0. The maximum absolute atomic E-state index is 12.2. The number of esters is 1. The molecule has 1 fully saturated rings. The van der Waals surface area contributed by atoms with Crippen molar-refractivity contribution in [3.63, 3.8) is 0 Å². The molecule has 2 aromatic rings. The highest BCUT2D eigenvalue weighted by Crippen LogP contribution is 2.35. The molecule has 11 nitrogen and oxygen atoms in total. The minimum Gasteiger partial charge on any atom is -0.504 e. The number of nitrogens with zero attached hydrogens (tertiary/aromatic N) is 1. The second-order valence-electron chi connectivity index (χ2n) is 7.03. The number of rotatable bonds is 6. The van der Waals surface area contributed by atoms with Crippen LogP contribution in [0.15, 0.2) is 42.5 Å². The maximum atomic E-state index is 12.2. The predicted octanol–water partition coefficient (Wildman–Crippen LogP) is 0.0493. The van der Waals surface area contributed by atoms with Gasteiger partial charge in [-0.15, -0.1) is 0 Å². The summed E-state index contributed by atoms with van der Waals surface area (Å²) in [6.45, 7) is -0.603. The van der Waals surface area contributed by atoms with Gasteiger partial charge in [0.1, 0.15) is 31.0 Å². The number of aliphatic hydroxyl groups excluding tert-OH is 3. The Kier molecular flexibility index (Phi) is 7.14. The Bertz CT molecular complexity index is 969. The largest absolute Gasteiger partial charge is 0.504 e. The van der Waals surface area contributed by atoms with E-state index in [1.807, 2.05) is 6.07 Å². The highest BCUT2D eigenvalue weighted by molar-refractivity contribution is 5.91. The highest BCUT2D eigenvalue weighted by Gasteiger charge is 2.45. The number of nitriles is 1. The van der Waals surface area contributed by atoms with Crippen LogP contribution >= 0.6 is 0 Å². The van der Waals surface area contributed by atoms with E-state index in [0.717, 1.165) is 12.1 Å². The van der Waals surface area contributed by atoms with Crippen LogP contribution < -0.4 is 0 Å². The van der Waals surface area contributed by atoms with Crippen molar-refractivity contribution < 1.29 is 49.6 Å². The summed E-state index contributed by atoms with van der Waals surface area (Å²) in [5.41, 5.74) is 0.173. The maximum Gasteiger partial charge on any atom is 0.338 e. The predicted molar refractivity (Wildman–Crippen MR) is 104 cm³/mol. The van der Waals surface area contributed by atoms with Gasteiger partial charge in [-0.25, -0.2) is 4.79 Å². The van der Waals surface area contributed by atoms with Gasteiger partial charge in [0.2, 0.25) is 0 Å². The van der Waals surface area contributed by atoms with Gasteiger partial charge >= 0.3 is 5.97 Å². The lowest BCUT2D eigenvalue weighted by atomic mass is 9.99. The van der Waals surface area contributed by atoms with E-state index in [0.29, 0.717) is 5.56 Å². The topological polar surface area (TPSA) is 190 Å². The first-order chi connectivity index (χ1) is 15.2. The second kappa shape index (κ2) is 9.82. The van der Waals surface area contributed by atoms with Gasteiger partial charge in [-0.3, -0.25) is 0 Å². The molecule has 170 valence electrons. The number of phenols is 3. The summed E-state index contributed by atoms with van der Waals surface area (Å²) in [5, 5.41) is 68.3. The van der Waals surface area contributed by atoms with E-state index >= 15 is 0 Å². The van der Waals surface area contributed by atoms with Crippen molar-refractivity contribution in [2.75, 3.05) is 6.61 Å². The second-order valence-corrected chi connectivity index (χ2v) is 7.03. The molecule has 1 aliphatic rings. The van der Waals surface area contributed by atoms with E-state index in [-0.39, 0.29) is 5.56 Å². The fourth-order valence-corrected chi connectivity index (χ4v) is 3.08. The Balaban J connectivity index is 1.69. The molecule has 6 atom stereocenters. The first-order valence-electron chi connectivity index (χ1n) is 9.44. The summed E-state index contributed by atoms with van der Waals surface area (Å²) in [6.07, 6.45) is -9.08. The molecule has 0 aliphatic carbocycles. The van der Waals surface area contributed by atoms with Crippen LogP contribution in [0.1, 0.15) is 22.0 Å². The number of aromatic hydroxyl groups is 3. The average molecular weight is 447 g/mol. The fraction of sp³-hybridized carbons (Fsp3) is 0.333. The van der Waals surface area contributed by atoms with Crippen LogP contribution in [0.5, 0.6) is 17.2 Å². The Labute approximate surface area is 181 Å². The number of hydrogen-bond donors (Lipinski definition) is 6. The number of hydrogen-bond acceptors (Lipinski definition) is 11. The van der Waals surface area contributed by atoms with Crippen molar-refractivity contribution in [1.29, 1.82) is 5.26 Å². The fourth-order valence-electron chi connectivity index (χ4n) is 3.08.